The zero-order valence-corrected chi connectivity index (χ0v) is 14.3. The van der Waals surface area contributed by atoms with Crippen molar-refractivity contribution in [2.75, 3.05) is 6.26 Å². The Bertz CT molecular complexity index is 967. The molecule has 3 rings (SSSR count). The maximum absolute atomic E-state index is 11.5. The van der Waals surface area contributed by atoms with E-state index in [1.807, 2.05) is 18.2 Å². The fourth-order valence-corrected chi connectivity index (χ4v) is 3.15. The molecular weight excluding hydrogens is 357 g/mol. The van der Waals surface area contributed by atoms with Gasteiger partial charge in [-0.25, -0.2) is 18.4 Å². The number of sulfone groups is 1. The van der Waals surface area contributed by atoms with Crippen LogP contribution in [0.25, 0.3) is 17.1 Å². The Morgan fingerprint density at radius 3 is 2.39 bits per heavy atom. The molecule has 0 N–H and O–H groups in total. The zero-order valence-electron chi connectivity index (χ0n) is 11.9. The molecule has 5 nitrogen and oxygen atoms in total. The average molecular weight is 368 g/mol. The van der Waals surface area contributed by atoms with E-state index in [2.05, 4.69) is 9.97 Å². The van der Waals surface area contributed by atoms with Gasteiger partial charge in [-0.2, -0.15) is 0 Å². The SMILES string of the molecule is CS(=O)(=O)c1ccc(-n2cnc(Cl)c2-c2ccccc2Cl)nc1. The highest BCUT2D eigenvalue weighted by molar-refractivity contribution is 7.90. The first-order valence-electron chi connectivity index (χ1n) is 6.52. The molecule has 1 aromatic carbocycles. The van der Waals surface area contributed by atoms with E-state index < -0.39 is 9.84 Å². The van der Waals surface area contributed by atoms with Crippen LogP contribution < -0.4 is 0 Å². The molecule has 0 unspecified atom stereocenters. The van der Waals surface area contributed by atoms with Gasteiger partial charge in [0.1, 0.15) is 12.1 Å². The predicted molar refractivity (Wildman–Crippen MR) is 89.9 cm³/mol. The molecule has 0 saturated carbocycles. The standard InChI is InChI=1S/C15H11Cl2N3O2S/c1-23(21,22)10-6-7-13(18-8-10)20-9-19-15(17)14(20)11-4-2-3-5-12(11)16/h2-9H,1H3. The summed E-state index contributed by atoms with van der Waals surface area (Å²) >= 11 is 12.4. The van der Waals surface area contributed by atoms with Crippen LogP contribution in [0.3, 0.4) is 0 Å². The maximum Gasteiger partial charge on any atom is 0.177 e. The molecule has 0 aliphatic carbocycles. The zero-order chi connectivity index (χ0) is 16.6. The summed E-state index contributed by atoms with van der Waals surface area (Å²) in [6.07, 6.45) is 3.95. The quantitative estimate of drug-likeness (QED) is 0.708. The molecule has 0 saturated heterocycles. The van der Waals surface area contributed by atoms with Crippen molar-refractivity contribution < 1.29 is 8.42 Å². The lowest BCUT2D eigenvalue weighted by Gasteiger charge is -2.10. The van der Waals surface area contributed by atoms with Gasteiger partial charge in [0.15, 0.2) is 15.0 Å². The number of aromatic nitrogens is 3. The molecule has 0 atom stereocenters. The van der Waals surface area contributed by atoms with E-state index in [-0.39, 0.29) is 10.0 Å². The third-order valence-electron chi connectivity index (χ3n) is 3.25. The highest BCUT2D eigenvalue weighted by Crippen LogP contribution is 2.33. The van der Waals surface area contributed by atoms with Crippen molar-refractivity contribution in [3.05, 3.63) is 59.1 Å². The van der Waals surface area contributed by atoms with Crippen molar-refractivity contribution >= 4 is 33.0 Å². The normalized spacial score (nSPS) is 11.6. The Balaban J connectivity index is 2.14. The molecule has 0 aliphatic heterocycles. The number of hydrogen-bond donors (Lipinski definition) is 0. The third-order valence-corrected chi connectivity index (χ3v) is 4.95. The Labute approximate surface area is 143 Å². The van der Waals surface area contributed by atoms with Crippen LogP contribution in [0.1, 0.15) is 0 Å². The third kappa shape index (κ3) is 3.10. The largest absolute Gasteiger partial charge is 0.281 e. The maximum atomic E-state index is 11.5. The van der Waals surface area contributed by atoms with Gasteiger partial charge in [0.05, 0.1) is 15.6 Å². The predicted octanol–water partition coefficient (Wildman–Crippen LogP) is 3.64. The minimum atomic E-state index is -3.30. The van der Waals surface area contributed by atoms with Gasteiger partial charge in [0.25, 0.3) is 0 Å². The molecule has 2 heterocycles. The van der Waals surface area contributed by atoms with Gasteiger partial charge in [-0.1, -0.05) is 41.4 Å². The molecule has 0 amide bonds. The van der Waals surface area contributed by atoms with Crippen molar-refractivity contribution in [1.29, 1.82) is 0 Å². The second-order valence-electron chi connectivity index (χ2n) is 4.86. The molecule has 0 aliphatic rings. The minimum absolute atomic E-state index is 0.145. The van der Waals surface area contributed by atoms with Crippen molar-refractivity contribution in [2.24, 2.45) is 0 Å². The highest BCUT2D eigenvalue weighted by Gasteiger charge is 2.16. The summed E-state index contributed by atoms with van der Waals surface area (Å²) in [5.74, 6) is 0.492. The van der Waals surface area contributed by atoms with E-state index in [9.17, 15) is 8.42 Å². The summed E-state index contributed by atoms with van der Waals surface area (Å²) in [4.78, 5) is 8.42. The first-order valence-corrected chi connectivity index (χ1v) is 9.17. The molecule has 118 valence electrons. The van der Waals surface area contributed by atoms with E-state index in [1.165, 1.54) is 18.6 Å². The molecule has 0 bridgehead atoms. The lowest BCUT2D eigenvalue weighted by atomic mass is 10.1. The van der Waals surface area contributed by atoms with E-state index in [0.717, 1.165) is 6.26 Å². The van der Waals surface area contributed by atoms with Gasteiger partial charge < -0.3 is 0 Å². The van der Waals surface area contributed by atoms with Crippen LogP contribution in [-0.2, 0) is 9.84 Å². The summed E-state index contributed by atoms with van der Waals surface area (Å²) in [6, 6.07) is 10.3. The van der Waals surface area contributed by atoms with Crippen LogP contribution in [0, 0.1) is 0 Å². The van der Waals surface area contributed by atoms with Gasteiger partial charge in [0, 0.05) is 18.0 Å². The van der Waals surface area contributed by atoms with Crippen molar-refractivity contribution in [3.63, 3.8) is 0 Å². The molecule has 2 aromatic heterocycles. The topological polar surface area (TPSA) is 64.8 Å². The number of pyridine rings is 1. The van der Waals surface area contributed by atoms with Gasteiger partial charge in [0.2, 0.25) is 0 Å². The first kappa shape index (κ1) is 16.0. The Morgan fingerprint density at radius 2 is 1.78 bits per heavy atom. The molecule has 3 aromatic rings. The van der Waals surface area contributed by atoms with Crippen molar-refractivity contribution in [3.8, 4) is 17.1 Å². The second-order valence-corrected chi connectivity index (χ2v) is 7.64. The van der Waals surface area contributed by atoms with Crippen LogP contribution in [0.2, 0.25) is 10.2 Å². The molecular formula is C15H11Cl2N3O2S. The number of hydrogen-bond acceptors (Lipinski definition) is 4. The summed E-state index contributed by atoms with van der Waals surface area (Å²) in [6.45, 7) is 0. The molecule has 0 spiro atoms. The van der Waals surface area contributed by atoms with Gasteiger partial charge in [-0.15, -0.1) is 0 Å². The molecule has 8 heteroatoms. The number of imidazole rings is 1. The lowest BCUT2D eigenvalue weighted by molar-refractivity contribution is 0.601. The van der Waals surface area contributed by atoms with Gasteiger partial charge in [-0.3, -0.25) is 4.57 Å². The Hall–Kier alpha value is -1.89. The minimum Gasteiger partial charge on any atom is -0.281 e. The Kier molecular flexibility index (Phi) is 4.14. The Morgan fingerprint density at radius 1 is 1.04 bits per heavy atom. The molecule has 23 heavy (non-hydrogen) atoms. The summed E-state index contributed by atoms with van der Waals surface area (Å²) < 4.78 is 24.7. The molecule has 0 radical (unpaired) electrons. The highest BCUT2D eigenvalue weighted by atomic mass is 35.5. The van der Waals surface area contributed by atoms with Crippen molar-refractivity contribution in [1.82, 2.24) is 14.5 Å². The fraction of sp³-hybridized carbons (Fsp3) is 0.0667. The smallest absolute Gasteiger partial charge is 0.177 e. The first-order chi connectivity index (χ1) is 10.9. The summed E-state index contributed by atoms with van der Waals surface area (Å²) in [7, 11) is -3.30. The summed E-state index contributed by atoms with van der Waals surface area (Å²) in [5, 5.41) is 0.816. The van der Waals surface area contributed by atoms with Gasteiger partial charge in [-0.05, 0) is 18.2 Å². The van der Waals surface area contributed by atoms with Crippen LogP contribution in [0.5, 0.6) is 0 Å². The van der Waals surface area contributed by atoms with Crippen LogP contribution in [-0.4, -0.2) is 29.2 Å². The van der Waals surface area contributed by atoms with E-state index >= 15 is 0 Å². The number of halogens is 2. The lowest BCUT2D eigenvalue weighted by Crippen LogP contribution is -2.02. The fourth-order valence-electron chi connectivity index (χ4n) is 2.13. The van der Waals surface area contributed by atoms with E-state index in [1.54, 1.807) is 16.7 Å². The van der Waals surface area contributed by atoms with Crippen LogP contribution in [0.4, 0.5) is 0 Å². The van der Waals surface area contributed by atoms with E-state index in [4.69, 9.17) is 23.2 Å². The number of rotatable bonds is 3. The summed E-state index contributed by atoms with van der Waals surface area (Å²) in [5.41, 5.74) is 1.31. The van der Waals surface area contributed by atoms with Crippen molar-refractivity contribution in [2.45, 2.75) is 4.90 Å². The number of nitrogens with zero attached hydrogens (tertiary/aromatic N) is 3. The van der Waals surface area contributed by atoms with Gasteiger partial charge >= 0.3 is 0 Å². The molecule has 0 fully saturated rings. The second kappa shape index (κ2) is 5.96. The van der Waals surface area contributed by atoms with Crippen LogP contribution >= 0.6 is 23.2 Å². The monoisotopic (exact) mass is 367 g/mol. The average Bonchev–Trinajstić information content (AvgIpc) is 2.89. The van der Waals surface area contributed by atoms with Crippen LogP contribution in [0.15, 0.2) is 53.8 Å². The van der Waals surface area contributed by atoms with E-state index in [0.29, 0.717) is 22.1 Å². The number of benzene rings is 1.